The smallest absolute Gasteiger partial charge is 0.279 e. The molecule has 0 radical (unpaired) electrons. The van der Waals surface area contributed by atoms with E-state index in [1.807, 2.05) is 6.07 Å². The third-order valence-corrected chi connectivity index (χ3v) is 5.28. The number of carbonyl (C=O) groups excluding carboxylic acids is 3. The van der Waals surface area contributed by atoms with Gasteiger partial charge in [0.05, 0.1) is 4.88 Å². The zero-order valence-electron chi connectivity index (χ0n) is 12.3. The molecular formula is C15H19N3O3S. The van der Waals surface area contributed by atoms with E-state index in [0.29, 0.717) is 17.8 Å². The van der Waals surface area contributed by atoms with E-state index in [0.717, 1.165) is 32.1 Å². The number of likely N-dealkylation sites (tertiary alicyclic amines) is 1. The molecule has 1 saturated heterocycles. The van der Waals surface area contributed by atoms with Gasteiger partial charge in [0.15, 0.2) is 0 Å². The summed E-state index contributed by atoms with van der Waals surface area (Å²) in [6.07, 6.45) is 5.53. The lowest BCUT2D eigenvalue weighted by Gasteiger charge is -2.25. The highest BCUT2D eigenvalue weighted by atomic mass is 32.1. The van der Waals surface area contributed by atoms with E-state index in [9.17, 15) is 14.4 Å². The van der Waals surface area contributed by atoms with Crippen LogP contribution in [-0.4, -0.2) is 35.7 Å². The number of thiophene rings is 1. The van der Waals surface area contributed by atoms with Gasteiger partial charge in [-0.2, -0.15) is 0 Å². The Morgan fingerprint density at radius 1 is 1.14 bits per heavy atom. The van der Waals surface area contributed by atoms with Gasteiger partial charge in [-0.1, -0.05) is 0 Å². The number of nitrogens with one attached hydrogen (secondary N) is 2. The first kappa shape index (κ1) is 15.0. The Kier molecular flexibility index (Phi) is 4.42. The van der Waals surface area contributed by atoms with Crippen molar-refractivity contribution in [2.24, 2.45) is 0 Å². The summed E-state index contributed by atoms with van der Waals surface area (Å²) in [5, 5.41) is 0. The van der Waals surface area contributed by atoms with Gasteiger partial charge >= 0.3 is 0 Å². The molecule has 0 atom stereocenters. The summed E-state index contributed by atoms with van der Waals surface area (Å²) >= 11 is 1.49. The number of rotatable bonds is 3. The third-order valence-electron chi connectivity index (χ3n) is 4.04. The first-order valence-electron chi connectivity index (χ1n) is 7.62. The van der Waals surface area contributed by atoms with Crippen molar-refractivity contribution in [1.29, 1.82) is 0 Å². The van der Waals surface area contributed by atoms with Crippen molar-refractivity contribution in [3.63, 3.8) is 0 Å². The maximum absolute atomic E-state index is 12.0. The van der Waals surface area contributed by atoms with Crippen molar-refractivity contribution < 1.29 is 14.4 Å². The van der Waals surface area contributed by atoms with Crippen molar-refractivity contribution in [2.75, 3.05) is 13.1 Å². The molecule has 22 heavy (non-hydrogen) atoms. The molecule has 0 unspecified atom stereocenters. The number of fused-ring (bicyclic) bond motifs is 1. The summed E-state index contributed by atoms with van der Waals surface area (Å²) in [5.41, 5.74) is 6.06. The maximum atomic E-state index is 12.0. The monoisotopic (exact) mass is 321 g/mol. The molecule has 0 bridgehead atoms. The van der Waals surface area contributed by atoms with Crippen LogP contribution in [0.2, 0.25) is 0 Å². The minimum Gasteiger partial charge on any atom is -0.333 e. The van der Waals surface area contributed by atoms with E-state index >= 15 is 0 Å². The lowest BCUT2D eigenvalue weighted by Crippen LogP contribution is -2.48. The second kappa shape index (κ2) is 6.48. The predicted molar refractivity (Wildman–Crippen MR) is 82.4 cm³/mol. The molecular weight excluding hydrogens is 302 g/mol. The molecule has 2 heterocycles. The Hall–Kier alpha value is -1.89. The van der Waals surface area contributed by atoms with E-state index in [1.54, 1.807) is 0 Å². The van der Waals surface area contributed by atoms with Crippen LogP contribution in [0.4, 0.5) is 0 Å². The Morgan fingerprint density at radius 2 is 2.00 bits per heavy atom. The number of hydrogen-bond donors (Lipinski definition) is 2. The molecule has 118 valence electrons. The molecule has 0 aromatic carbocycles. The Labute approximate surface area is 132 Å². The average Bonchev–Trinajstić information content (AvgIpc) is 3.08. The van der Waals surface area contributed by atoms with Gasteiger partial charge < -0.3 is 4.90 Å². The molecule has 1 aromatic rings. The molecule has 1 fully saturated rings. The van der Waals surface area contributed by atoms with Crippen LogP contribution in [0.3, 0.4) is 0 Å². The zero-order chi connectivity index (χ0) is 15.5. The maximum Gasteiger partial charge on any atom is 0.279 e. The summed E-state index contributed by atoms with van der Waals surface area (Å²) in [6, 6.07) is 1.91. The predicted octanol–water partition coefficient (Wildman–Crippen LogP) is 1.01. The normalized spacial score (nSPS) is 17.3. The quantitative estimate of drug-likeness (QED) is 0.816. The van der Waals surface area contributed by atoms with E-state index in [2.05, 4.69) is 10.9 Å². The largest absolute Gasteiger partial charge is 0.333 e. The number of carbonyl (C=O) groups is 3. The first-order chi connectivity index (χ1) is 10.6. The van der Waals surface area contributed by atoms with Crippen LogP contribution in [0.5, 0.6) is 0 Å². The topological polar surface area (TPSA) is 78.5 Å². The number of nitrogens with zero attached hydrogens (tertiary/aromatic N) is 1. The van der Waals surface area contributed by atoms with E-state index in [-0.39, 0.29) is 24.3 Å². The van der Waals surface area contributed by atoms with Crippen LogP contribution in [0.1, 0.15) is 45.8 Å². The van der Waals surface area contributed by atoms with Gasteiger partial charge in [-0.05, 0) is 43.7 Å². The van der Waals surface area contributed by atoms with Crippen molar-refractivity contribution in [3.05, 3.63) is 21.4 Å². The second-order valence-electron chi connectivity index (χ2n) is 5.69. The molecule has 2 N–H and O–H groups in total. The van der Waals surface area contributed by atoms with E-state index < -0.39 is 0 Å². The molecule has 6 nitrogen and oxygen atoms in total. The van der Waals surface area contributed by atoms with Crippen LogP contribution < -0.4 is 10.9 Å². The van der Waals surface area contributed by atoms with Crippen molar-refractivity contribution in [3.8, 4) is 0 Å². The minimum atomic E-state index is -0.368. The highest BCUT2D eigenvalue weighted by Crippen LogP contribution is 2.30. The average molecular weight is 321 g/mol. The van der Waals surface area contributed by atoms with Crippen LogP contribution in [-0.2, 0) is 22.4 Å². The van der Waals surface area contributed by atoms with Crippen molar-refractivity contribution in [1.82, 2.24) is 15.8 Å². The van der Waals surface area contributed by atoms with Gasteiger partial charge in [0.1, 0.15) is 6.54 Å². The third kappa shape index (κ3) is 3.30. The first-order valence-corrected chi connectivity index (χ1v) is 8.43. The van der Waals surface area contributed by atoms with Gasteiger partial charge in [-0.3, -0.25) is 25.2 Å². The Morgan fingerprint density at radius 3 is 2.77 bits per heavy atom. The number of amides is 3. The van der Waals surface area contributed by atoms with Crippen LogP contribution in [0.25, 0.3) is 0 Å². The molecule has 0 spiro atoms. The van der Waals surface area contributed by atoms with Crippen LogP contribution in [0.15, 0.2) is 6.07 Å². The molecule has 7 heteroatoms. The van der Waals surface area contributed by atoms with Gasteiger partial charge in [0.25, 0.3) is 11.8 Å². The molecule has 1 aromatic heterocycles. The summed E-state index contributed by atoms with van der Waals surface area (Å²) in [7, 11) is 0. The van der Waals surface area contributed by atoms with Crippen molar-refractivity contribution >= 4 is 29.1 Å². The highest BCUT2D eigenvalue weighted by molar-refractivity contribution is 7.14. The van der Waals surface area contributed by atoms with Crippen LogP contribution >= 0.6 is 11.3 Å². The van der Waals surface area contributed by atoms with E-state index in [1.165, 1.54) is 26.7 Å². The molecule has 3 rings (SSSR count). The summed E-state index contributed by atoms with van der Waals surface area (Å²) in [5.74, 6) is -0.659. The lowest BCUT2D eigenvalue weighted by molar-refractivity contribution is -0.138. The van der Waals surface area contributed by atoms with Gasteiger partial charge in [-0.25, -0.2) is 0 Å². The Balaban J connectivity index is 1.47. The van der Waals surface area contributed by atoms with Gasteiger partial charge in [0, 0.05) is 17.8 Å². The SMILES string of the molecule is O=C(CN1CCCCC1=O)NNC(=O)c1cc2c(s1)CCC2. The fourth-order valence-corrected chi connectivity index (χ4v) is 4.02. The minimum absolute atomic E-state index is 0.0000534. The fraction of sp³-hybridized carbons (Fsp3) is 0.533. The molecule has 1 aliphatic heterocycles. The standard InChI is InChI=1S/C15H19N3O3S/c19-13(9-18-7-2-1-6-14(18)20)16-17-15(21)12-8-10-4-3-5-11(10)22-12/h8H,1-7,9H2,(H,16,19)(H,17,21). The lowest BCUT2D eigenvalue weighted by atomic mass is 10.1. The number of aryl methyl sites for hydroxylation is 2. The molecule has 3 amide bonds. The number of hydrogen-bond acceptors (Lipinski definition) is 4. The van der Waals surface area contributed by atoms with Gasteiger partial charge in [0.2, 0.25) is 5.91 Å². The summed E-state index contributed by atoms with van der Waals surface area (Å²) in [6.45, 7) is 0.609. The van der Waals surface area contributed by atoms with Gasteiger partial charge in [-0.15, -0.1) is 11.3 Å². The van der Waals surface area contributed by atoms with Crippen LogP contribution in [0, 0.1) is 0 Å². The Bertz CT molecular complexity index is 590. The zero-order valence-corrected chi connectivity index (χ0v) is 13.1. The highest BCUT2D eigenvalue weighted by Gasteiger charge is 2.21. The van der Waals surface area contributed by atoms with E-state index in [4.69, 9.17) is 0 Å². The summed E-state index contributed by atoms with van der Waals surface area (Å²) in [4.78, 5) is 38.9. The fourth-order valence-electron chi connectivity index (χ4n) is 2.87. The second-order valence-corrected chi connectivity index (χ2v) is 6.82. The van der Waals surface area contributed by atoms with Crippen molar-refractivity contribution in [2.45, 2.75) is 38.5 Å². The molecule has 1 aliphatic carbocycles. The number of hydrazine groups is 1. The summed E-state index contributed by atoms with van der Waals surface area (Å²) < 4.78 is 0. The number of piperidine rings is 1. The molecule has 2 aliphatic rings. The molecule has 0 saturated carbocycles.